The summed E-state index contributed by atoms with van der Waals surface area (Å²) in [6, 6.07) is 0. The molecule has 0 aromatic heterocycles. The quantitative estimate of drug-likeness (QED) is 0.362. The van der Waals surface area contributed by atoms with Crippen molar-refractivity contribution in [3.63, 3.8) is 0 Å². The van der Waals surface area contributed by atoms with Crippen LogP contribution >= 0.6 is 0 Å². The summed E-state index contributed by atoms with van der Waals surface area (Å²) in [4.78, 5) is 12.3. The highest BCUT2D eigenvalue weighted by molar-refractivity contribution is 5.72. The van der Waals surface area contributed by atoms with E-state index in [-0.39, 0.29) is 11.9 Å². The lowest BCUT2D eigenvalue weighted by Crippen LogP contribution is -2.46. The van der Waals surface area contributed by atoms with Crippen LogP contribution in [-0.4, -0.2) is 12.6 Å². The van der Waals surface area contributed by atoms with Crippen LogP contribution < -0.4 is 0 Å². The first kappa shape index (κ1) is 19.2. The third-order valence-electron chi connectivity index (χ3n) is 8.16. The SMILES string of the molecule is CCCCCOC(=O)[C@H]1CC[C@H](C23CCC(CCC)(CC2)CC3)CC1. The second kappa shape index (κ2) is 8.44. The van der Waals surface area contributed by atoms with Crippen LogP contribution in [0.2, 0.25) is 0 Å². The van der Waals surface area contributed by atoms with Crippen LogP contribution in [0.5, 0.6) is 0 Å². The van der Waals surface area contributed by atoms with Gasteiger partial charge in [-0.3, -0.25) is 4.79 Å². The lowest BCUT2D eigenvalue weighted by Gasteiger charge is -2.57. The Balaban J connectivity index is 1.44. The molecule has 0 saturated heterocycles. The summed E-state index contributed by atoms with van der Waals surface area (Å²) in [7, 11) is 0. The van der Waals surface area contributed by atoms with Gasteiger partial charge in [-0.1, -0.05) is 33.1 Å². The van der Waals surface area contributed by atoms with Gasteiger partial charge in [0.1, 0.15) is 0 Å². The predicted octanol–water partition coefficient (Wildman–Crippen LogP) is 6.67. The van der Waals surface area contributed by atoms with Crippen molar-refractivity contribution in [3.05, 3.63) is 0 Å². The number of fused-ring (bicyclic) bond motifs is 3. The third-order valence-corrected chi connectivity index (χ3v) is 8.16. The summed E-state index contributed by atoms with van der Waals surface area (Å²) < 4.78 is 5.52. The molecule has 4 saturated carbocycles. The monoisotopic (exact) mass is 348 g/mol. The zero-order chi connectivity index (χ0) is 17.8. The summed E-state index contributed by atoms with van der Waals surface area (Å²) in [6.45, 7) is 5.18. The second-order valence-corrected chi connectivity index (χ2v) is 9.54. The normalized spacial score (nSPS) is 37.8. The smallest absolute Gasteiger partial charge is 0.308 e. The van der Waals surface area contributed by atoms with Crippen molar-refractivity contribution in [2.45, 2.75) is 110 Å². The van der Waals surface area contributed by atoms with E-state index < -0.39 is 0 Å². The third kappa shape index (κ3) is 4.25. The van der Waals surface area contributed by atoms with Gasteiger partial charge in [-0.2, -0.15) is 0 Å². The summed E-state index contributed by atoms with van der Waals surface area (Å²) in [5.74, 6) is 1.18. The Labute approximate surface area is 155 Å². The molecule has 4 fully saturated rings. The van der Waals surface area contributed by atoms with Gasteiger partial charge >= 0.3 is 5.97 Å². The van der Waals surface area contributed by atoms with E-state index in [0.29, 0.717) is 12.0 Å². The zero-order valence-corrected chi connectivity index (χ0v) is 16.8. The van der Waals surface area contributed by atoms with E-state index in [0.717, 1.165) is 30.6 Å². The molecular weight excluding hydrogens is 308 g/mol. The van der Waals surface area contributed by atoms with Crippen LogP contribution in [0.4, 0.5) is 0 Å². The first-order chi connectivity index (χ1) is 12.1. The molecular formula is C23H40O2. The average molecular weight is 349 g/mol. The molecule has 4 aliphatic carbocycles. The molecule has 0 atom stereocenters. The number of ether oxygens (including phenoxy) is 1. The number of rotatable bonds is 8. The van der Waals surface area contributed by atoms with Crippen molar-refractivity contribution < 1.29 is 9.53 Å². The highest BCUT2D eigenvalue weighted by atomic mass is 16.5. The first-order valence-electron chi connectivity index (χ1n) is 11.3. The minimum atomic E-state index is 0.0984. The molecule has 0 aliphatic heterocycles. The molecule has 0 amide bonds. The van der Waals surface area contributed by atoms with Gasteiger partial charge < -0.3 is 4.74 Å². The van der Waals surface area contributed by atoms with Crippen molar-refractivity contribution in [1.82, 2.24) is 0 Å². The van der Waals surface area contributed by atoms with Crippen molar-refractivity contribution in [3.8, 4) is 0 Å². The topological polar surface area (TPSA) is 26.3 Å². The highest BCUT2D eigenvalue weighted by Gasteiger charge is 2.51. The molecule has 2 heteroatoms. The lowest BCUT2D eigenvalue weighted by atomic mass is 9.48. The van der Waals surface area contributed by atoms with E-state index in [1.807, 2.05) is 0 Å². The summed E-state index contributed by atoms with van der Waals surface area (Å²) in [5, 5.41) is 0. The van der Waals surface area contributed by atoms with E-state index in [9.17, 15) is 4.79 Å². The van der Waals surface area contributed by atoms with Crippen molar-refractivity contribution in [1.29, 1.82) is 0 Å². The van der Waals surface area contributed by atoms with Crippen LogP contribution in [0.15, 0.2) is 0 Å². The molecule has 0 spiro atoms. The standard InChI is InChI=1S/C23H40O2/c1-3-5-6-18-25-21(24)19-7-9-20(10-8-19)23-15-12-22(11-4-2,13-16-23)14-17-23/h19-20H,3-18H2,1-2H3/t19-,20-,22?,23?. The molecule has 0 aromatic rings. The average Bonchev–Trinajstić information content (AvgIpc) is 2.67. The molecule has 4 aliphatic rings. The Kier molecular flexibility index (Phi) is 6.49. The van der Waals surface area contributed by atoms with E-state index in [1.54, 1.807) is 0 Å². The van der Waals surface area contributed by atoms with Gasteiger partial charge in [0.05, 0.1) is 12.5 Å². The summed E-state index contributed by atoms with van der Waals surface area (Å²) in [5.41, 5.74) is 1.36. The number of hydrogen-bond donors (Lipinski definition) is 0. The van der Waals surface area contributed by atoms with Crippen LogP contribution in [0, 0.1) is 22.7 Å². The highest BCUT2D eigenvalue weighted by Crippen LogP contribution is 2.63. The molecule has 4 rings (SSSR count). The fourth-order valence-corrected chi connectivity index (χ4v) is 6.39. The Morgan fingerprint density at radius 1 is 0.880 bits per heavy atom. The van der Waals surface area contributed by atoms with Gasteiger partial charge in [-0.15, -0.1) is 0 Å². The van der Waals surface area contributed by atoms with Crippen molar-refractivity contribution >= 4 is 5.97 Å². The fraction of sp³-hybridized carbons (Fsp3) is 0.957. The number of hydrogen-bond acceptors (Lipinski definition) is 2. The van der Waals surface area contributed by atoms with Gasteiger partial charge in [-0.05, 0) is 93.8 Å². The molecule has 0 N–H and O–H groups in total. The van der Waals surface area contributed by atoms with Crippen LogP contribution in [0.3, 0.4) is 0 Å². The molecule has 25 heavy (non-hydrogen) atoms. The molecule has 0 radical (unpaired) electrons. The summed E-state index contributed by atoms with van der Waals surface area (Å²) >= 11 is 0. The van der Waals surface area contributed by atoms with Crippen LogP contribution in [0.1, 0.15) is 110 Å². The Bertz CT molecular complexity index is 409. The molecule has 144 valence electrons. The minimum Gasteiger partial charge on any atom is -0.465 e. The van der Waals surface area contributed by atoms with Gasteiger partial charge in [0, 0.05) is 0 Å². The van der Waals surface area contributed by atoms with E-state index >= 15 is 0 Å². The number of esters is 1. The molecule has 0 heterocycles. The Morgan fingerprint density at radius 3 is 2.08 bits per heavy atom. The lowest BCUT2D eigenvalue weighted by molar-refractivity contribution is -0.151. The molecule has 0 unspecified atom stereocenters. The van der Waals surface area contributed by atoms with Crippen LogP contribution in [-0.2, 0) is 9.53 Å². The van der Waals surface area contributed by atoms with E-state index in [4.69, 9.17) is 4.74 Å². The van der Waals surface area contributed by atoms with Crippen molar-refractivity contribution in [2.24, 2.45) is 22.7 Å². The Morgan fingerprint density at radius 2 is 1.52 bits per heavy atom. The predicted molar refractivity (Wildman–Crippen MR) is 103 cm³/mol. The fourth-order valence-electron chi connectivity index (χ4n) is 6.39. The van der Waals surface area contributed by atoms with Crippen LogP contribution in [0.25, 0.3) is 0 Å². The summed E-state index contributed by atoms with van der Waals surface area (Å²) in [6.07, 6.45) is 19.8. The molecule has 2 nitrogen and oxygen atoms in total. The van der Waals surface area contributed by atoms with Crippen molar-refractivity contribution in [2.75, 3.05) is 6.61 Å². The number of unbranched alkanes of at least 4 members (excludes halogenated alkanes) is 2. The van der Waals surface area contributed by atoms with E-state index in [1.165, 1.54) is 77.0 Å². The number of carbonyl (C=O) groups is 1. The number of carbonyl (C=O) groups excluding carboxylic acids is 1. The molecule has 0 aromatic carbocycles. The zero-order valence-electron chi connectivity index (χ0n) is 16.8. The van der Waals surface area contributed by atoms with Gasteiger partial charge in [0.25, 0.3) is 0 Å². The maximum absolute atomic E-state index is 12.3. The largest absolute Gasteiger partial charge is 0.465 e. The second-order valence-electron chi connectivity index (χ2n) is 9.54. The molecule has 2 bridgehead atoms. The van der Waals surface area contributed by atoms with Gasteiger partial charge in [0.2, 0.25) is 0 Å². The van der Waals surface area contributed by atoms with E-state index in [2.05, 4.69) is 13.8 Å². The Hall–Kier alpha value is -0.530. The minimum absolute atomic E-state index is 0.0984. The van der Waals surface area contributed by atoms with Gasteiger partial charge in [-0.25, -0.2) is 0 Å². The maximum Gasteiger partial charge on any atom is 0.308 e. The maximum atomic E-state index is 12.3. The first-order valence-corrected chi connectivity index (χ1v) is 11.3. The van der Waals surface area contributed by atoms with Gasteiger partial charge in [0.15, 0.2) is 0 Å².